The summed E-state index contributed by atoms with van der Waals surface area (Å²) in [5, 5.41) is 13.6. The summed E-state index contributed by atoms with van der Waals surface area (Å²) in [6.45, 7) is 27.4. The molecule has 56 heavy (non-hydrogen) atoms. The van der Waals surface area contributed by atoms with Crippen molar-refractivity contribution in [3.8, 4) is 22.4 Å². The zero-order valence-corrected chi connectivity index (χ0v) is 38.3. The van der Waals surface area contributed by atoms with Crippen LogP contribution in [0.5, 0.6) is 0 Å². The predicted molar refractivity (Wildman–Crippen MR) is 231 cm³/mol. The average Bonchev–Trinajstić information content (AvgIpc) is 3.70. The predicted octanol–water partition coefficient (Wildman–Crippen LogP) is 14.6. The molecule has 1 radical (unpaired) electrons. The van der Waals surface area contributed by atoms with E-state index in [1.54, 1.807) is 0 Å². The van der Waals surface area contributed by atoms with E-state index in [0.29, 0.717) is 5.92 Å². The van der Waals surface area contributed by atoms with E-state index in [-0.39, 0.29) is 47.9 Å². The van der Waals surface area contributed by atoms with Crippen molar-refractivity contribution < 1.29 is 38.8 Å². The number of aryl methyl sites for hydroxylation is 2. The molecule has 0 bridgehead atoms. The van der Waals surface area contributed by atoms with Crippen molar-refractivity contribution in [3.63, 3.8) is 0 Å². The summed E-state index contributed by atoms with van der Waals surface area (Å²) in [4.78, 5) is 17.3. The van der Waals surface area contributed by atoms with Crippen molar-refractivity contribution in [1.82, 2.24) is 4.98 Å². The van der Waals surface area contributed by atoms with Gasteiger partial charge in [0.25, 0.3) is 0 Å². The van der Waals surface area contributed by atoms with E-state index in [1.165, 1.54) is 17.0 Å². The van der Waals surface area contributed by atoms with Gasteiger partial charge in [-0.25, -0.2) is 0 Å². The van der Waals surface area contributed by atoms with Crippen LogP contribution in [0, 0.1) is 36.7 Å². The van der Waals surface area contributed by atoms with E-state index < -0.39 is 0 Å². The second-order valence-electron chi connectivity index (χ2n) is 17.4. The number of aromatic nitrogens is 1. The molecule has 301 valence electrons. The van der Waals surface area contributed by atoms with Crippen LogP contribution in [0.3, 0.4) is 0 Å². The van der Waals surface area contributed by atoms with Crippen LogP contribution in [0.2, 0.25) is 0 Å². The third-order valence-electron chi connectivity index (χ3n) is 12.1. The molecule has 5 nitrogen and oxygen atoms in total. The summed E-state index contributed by atoms with van der Waals surface area (Å²) in [5.74, 6) is 2.75. The fraction of sp³-hybridized carbons (Fsp3) is 0.440. The molecule has 6 heteroatoms. The number of furan rings is 2. The van der Waals surface area contributed by atoms with Crippen molar-refractivity contribution in [2.75, 3.05) is 0 Å². The molecule has 0 unspecified atom stereocenters. The number of hydrogen-bond donors (Lipinski definition) is 1. The van der Waals surface area contributed by atoms with Gasteiger partial charge in [0.2, 0.25) is 0 Å². The Kier molecular flexibility index (Phi) is 14.1. The molecule has 3 aromatic carbocycles. The van der Waals surface area contributed by atoms with Crippen LogP contribution in [0.1, 0.15) is 124 Å². The second kappa shape index (κ2) is 17.7. The minimum absolute atomic E-state index is 0. The molecule has 0 aliphatic heterocycles. The number of ketones is 1. The number of fused-ring (bicyclic) bond motifs is 3. The average molecular weight is 933 g/mol. The third-order valence-corrected chi connectivity index (χ3v) is 12.1. The van der Waals surface area contributed by atoms with Gasteiger partial charge >= 0.3 is 0 Å². The summed E-state index contributed by atoms with van der Waals surface area (Å²) >= 11 is 0. The molecular weight excluding hydrogens is 871 g/mol. The second-order valence-corrected chi connectivity index (χ2v) is 17.4. The number of pyridine rings is 1. The number of hydrogen-bond acceptors (Lipinski definition) is 5. The minimum Gasteiger partial charge on any atom is -0.512 e. The van der Waals surface area contributed by atoms with Crippen molar-refractivity contribution in [2.45, 2.75) is 128 Å². The molecule has 6 aromatic rings. The van der Waals surface area contributed by atoms with Crippen LogP contribution in [0.25, 0.3) is 55.2 Å². The largest absolute Gasteiger partial charge is 0.512 e. The Bertz CT molecular complexity index is 2340. The molecular formula is C50H62IrNO4-. The van der Waals surface area contributed by atoms with Crippen LogP contribution < -0.4 is 0 Å². The maximum Gasteiger partial charge on any atom is 0.164 e. The molecule has 3 heterocycles. The molecule has 0 saturated heterocycles. The minimum atomic E-state index is -0.337. The van der Waals surface area contributed by atoms with Crippen LogP contribution in [-0.2, 0) is 36.7 Å². The molecule has 0 saturated carbocycles. The summed E-state index contributed by atoms with van der Waals surface area (Å²) in [6.07, 6.45) is 5.68. The Morgan fingerprint density at radius 3 is 2.11 bits per heavy atom. The summed E-state index contributed by atoms with van der Waals surface area (Å²) in [5.41, 5.74) is 8.32. The van der Waals surface area contributed by atoms with Crippen molar-refractivity contribution in [3.05, 3.63) is 101 Å². The van der Waals surface area contributed by atoms with E-state index in [9.17, 15) is 9.90 Å². The van der Waals surface area contributed by atoms with Crippen LogP contribution in [0.4, 0.5) is 0 Å². The van der Waals surface area contributed by atoms with E-state index in [1.807, 2.05) is 48.5 Å². The monoisotopic (exact) mass is 933 g/mol. The number of aliphatic hydroxyl groups is 1. The van der Waals surface area contributed by atoms with Gasteiger partial charge in [-0.2, -0.15) is 0 Å². The normalized spacial score (nSPS) is 12.6. The van der Waals surface area contributed by atoms with E-state index in [0.717, 1.165) is 99.0 Å². The topological polar surface area (TPSA) is 76.5 Å². The van der Waals surface area contributed by atoms with E-state index >= 15 is 0 Å². The van der Waals surface area contributed by atoms with Crippen LogP contribution in [0.15, 0.2) is 81.3 Å². The number of benzene rings is 3. The third kappa shape index (κ3) is 9.24. The molecule has 0 fully saturated rings. The fourth-order valence-electron chi connectivity index (χ4n) is 7.07. The maximum absolute atomic E-state index is 12.2. The molecule has 3 aromatic heterocycles. The van der Waals surface area contributed by atoms with Gasteiger partial charge in [0.05, 0.1) is 0 Å². The first kappa shape index (κ1) is 44.7. The molecule has 6 rings (SSSR count). The molecule has 1 N–H and O–H groups in total. The van der Waals surface area contributed by atoms with Gasteiger partial charge < -0.3 is 13.9 Å². The quantitative estimate of drug-likeness (QED) is 0.0796. The van der Waals surface area contributed by atoms with E-state index in [2.05, 4.69) is 108 Å². The Labute approximate surface area is 348 Å². The van der Waals surface area contributed by atoms with Crippen molar-refractivity contribution in [1.29, 1.82) is 0 Å². The molecule has 0 aliphatic carbocycles. The number of nitrogens with zero attached hydrogens (tertiary/aromatic N) is 1. The van der Waals surface area contributed by atoms with Gasteiger partial charge in [-0.3, -0.25) is 9.78 Å². The molecule has 0 spiro atoms. The molecule has 0 amide bonds. The van der Waals surface area contributed by atoms with Crippen molar-refractivity contribution >= 4 is 38.6 Å². The van der Waals surface area contributed by atoms with Gasteiger partial charge in [-0.05, 0) is 68.6 Å². The smallest absolute Gasteiger partial charge is 0.164 e. The Morgan fingerprint density at radius 2 is 1.50 bits per heavy atom. The van der Waals surface area contributed by atoms with Crippen molar-refractivity contribution in [2.24, 2.45) is 16.7 Å². The first-order chi connectivity index (χ1) is 25.9. The number of allylic oxidation sites excluding steroid dienone is 2. The summed E-state index contributed by atoms with van der Waals surface area (Å²) < 4.78 is 12.5. The zero-order chi connectivity index (χ0) is 40.5. The first-order valence-corrected chi connectivity index (χ1v) is 20.2. The van der Waals surface area contributed by atoms with Gasteiger partial charge in [0.1, 0.15) is 28.4 Å². The Morgan fingerprint density at radius 1 is 0.857 bits per heavy atom. The SMILES string of the molecule is CCC(C)(CC)C(=O)/C=C(\O)C(C)(CC)CC.Cc1oc2c(-c3ccc4cc(CC(C)C)oc4c3)cc(-c3[c-]c4ccccc4c(C(C)(C)C)c3)nc2c1C.[Ir]. The zero-order valence-electron chi connectivity index (χ0n) is 35.9. The van der Waals surface area contributed by atoms with Gasteiger partial charge in [0, 0.05) is 65.6 Å². The number of rotatable bonds is 11. The van der Waals surface area contributed by atoms with Gasteiger partial charge in [-0.1, -0.05) is 124 Å². The van der Waals surface area contributed by atoms with Crippen LogP contribution in [-0.4, -0.2) is 15.9 Å². The number of aliphatic hydroxyl groups excluding tert-OH is 1. The van der Waals surface area contributed by atoms with E-state index in [4.69, 9.17) is 13.8 Å². The number of carbonyl (C=O) groups is 1. The Hall–Kier alpha value is -3.99. The summed E-state index contributed by atoms with van der Waals surface area (Å²) in [7, 11) is 0. The first-order valence-electron chi connectivity index (χ1n) is 20.2. The standard InChI is InChI=1S/C35H34NO2.C15H28O2.Ir/c1-20(2)14-27-16-25-13-12-24(18-32(25)38-27)29-19-31(36-33-21(3)22(4)37-34(29)33)26-15-23-10-8-9-11-28(23)30(17-26)35(5,6)7;1-7-14(5,8-2)12(16)11-13(17)15(6,9-3)10-4;/h8-13,16-20H,14H2,1-7H3;11,16H,7-10H2,1-6H3;/q-1;;/b;12-11-;. The van der Waals surface area contributed by atoms with Crippen LogP contribution >= 0.6 is 0 Å². The molecule has 0 aliphatic rings. The van der Waals surface area contributed by atoms with Gasteiger partial charge in [-0.15, -0.1) is 29.1 Å². The Balaban J connectivity index is 0.000000330. The molecule has 0 atom stereocenters. The van der Waals surface area contributed by atoms with Gasteiger partial charge in [0.15, 0.2) is 11.4 Å². The summed E-state index contributed by atoms with van der Waals surface area (Å²) in [6, 6.07) is 25.2. The maximum atomic E-state index is 12.2. The number of carbonyl (C=O) groups excluding carboxylic acids is 1. The fourth-order valence-corrected chi connectivity index (χ4v) is 7.07.